The molecule has 25 heteroatoms. The number of carbonyl (C=O) groups is 9. The number of benzene rings is 5. The predicted molar refractivity (Wildman–Crippen MR) is 324 cm³/mol. The Morgan fingerprint density at radius 1 is 0.726 bits per heavy atom. The first-order valence-electron chi connectivity index (χ1n) is 27.2. The average molecular weight is 1210 g/mol. The summed E-state index contributed by atoms with van der Waals surface area (Å²) >= 11 is 6.10. The molecule has 1 aromatic heterocycles. The standard InChI is InChI=1S/C59H69ClN12O10S2/c1-33(73)49-57(80)69-47(55(78)66-45(50(63)74)28-35-19-22-36-12-6-7-15-38(36)26-35)31-83-84-32-48(68-52(75)42(62)27-34-20-23-40(60)24-21-34)56(79)71-51(72(2)59(82)37-13-4-3-5-14-37)58(81)67-46(29-39-30-64-43-17-9-8-16-41(39)43)54(77)65-44(53(76)70-49)18-10-11-25-61/h3-9,12-17,19-24,26,30,33,42,44-49,51,64,73H,10-11,18,25,27-29,31-32,61-62H2,1-2H3,(H2,63,74)(H,65,77)(H,66,78)(H,67,81)(H,68,75)(H,69,80)(H,70,76)(H,71,79)/t33-,42+,44+,45+,46-,47+,48-,49+,51-/m1/s1. The lowest BCUT2D eigenvalue weighted by molar-refractivity contribution is -0.137. The highest BCUT2D eigenvalue weighted by molar-refractivity contribution is 8.76. The number of rotatable bonds is 18. The van der Waals surface area contributed by atoms with Crippen LogP contribution >= 0.6 is 33.2 Å². The third-order valence-electron chi connectivity index (χ3n) is 14.1. The van der Waals surface area contributed by atoms with Crippen LogP contribution in [-0.2, 0) is 57.6 Å². The summed E-state index contributed by atoms with van der Waals surface area (Å²) in [6.07, 6.45) is -1.38. The number of aromatic nitrogens is 1. The van der Waals surface area contributed by atoms with E-state index in [0.717, 1.165) is 37.3 Å². The number of fused-ring (bicyclic) bond motifs is 2. The summed E-state index contributed by atoms with van der Waals surface area (Å²) in [5.74, 6) is -8.73. The minimum atomic E-state index is -1.87. The summed E-state index contributed by atoms with van der Waals surface area (Å²) in [6, 6.07) is 24.5. The highest BCUT2D eigenvalue weighted by atomic mass is 35.5. The maximum atomic E-state index is 15.0. The molecule has 1 aliphatic rings. The largest absolute Gasteiger partial charge is 0.391 e. The van der Waals surface area contributed by atoms with Gasteiger partial charge in [-0.3, -0.25) is 43.2 Å². The van der Waals surface area contributed by atoms with Gasteiger partial charge in [0.25, 0.3) is 11.8 Å². The third kappa shape index (κ3) is 17.5. The van der Waals surface area contributed by atoms with E-state index in [2.05, 4.69) is 42.2 Å². The van der Waals surface area contributed by atoms with Gasteiger partial charge in [0.2, 0.25) is 41.4 Å². The van der Waals surface area contributed by atoms with Crippen LogP contribution in [0.1, 0.15) is 53.2 Å². The predicted octanol–water partition coefficient (Wildman–Crippen LogP) is 1.84. The zero-order valence-electron chi connectivity index (χ0n) is 46.2. The molecule has 15 N–H and O–H groups in total. The van der Waals surface area contributed by atoms with E-state index in [1.807, 2.05) is 42.5 Å². The molecule has 7 rings (SSSR count). The Labute approximate surface area is 498 Å². The van der Waals surface area contributed by atoms with Crippen molar-refractivity contribution in [2.24, 2.45) is 17.2 Å². The lowest BCUT2D eigenvalue weighted by Gasteiger charge is -2.32. The molecule has 1 aliphatic heterocycles. The number of likely N-dealkylation sites (N-methyl/N-ethyl adjacent to an activating group) is 1. The van der Waals surface area contributed by atoms with Gasteiger partial charge in [-0.2, -0.15) is 0 Å². The lowest BCUT2D eigenvalue weighted by atomic mass is 10.0. The summed E-state index contributed by atoms with van der Waals surface area (Å²) in [4.78, 5) is 134. The van der Waals surface area contributed by atoms with Crippen LogP contribution < -0.4 is 54.4 Å². The number of aliphatic hydroxyl groups is 1. The van der Waals surface area contributed by atoms with Crippen molar-refractivity contribution < 1.29 is 48.3 Å². The average Bonchev–Trinajstić information content (AvgIpc) is 4.10. The molecule has 22 nitrogen and oxygen atoms in total. The molecule has 9 amide bonds. The topological polar surface area (TPSA) is 355 Å². The van der Waals surface area contributed by atoms with Gasteiger partial charge in [0.15, 0.2) is 6.17 Å². The fourth-order valence-electron chi connectivity index (χ4n) is 9.35. The van der Waals surface area contributed by atoms with Gasteiger partial charge in [0, 0.05) is 59.1 Å². The third-order valence-corrected chi connectivity index (χ3v) is 16.7. The van der Waals surface area contributed by atoms with Crippen LogP contribution in [-0.4, -0.2) is 148 Å². The van der Waals surface area contributed by atoms with Gasteiger partial charge < -0.3 is 69.4 Å². The maximum absolute atomic E-state index is 15.0. The van der Waals surface area contributed by atoms with Crippen LogP contribution in [0.15, 0.2) is 128 Å². The number of aliphatic hydroxyl groups excluding tert-OH is 1. The minimum absolute atomic E-state index is 0.0178. The number of hydrogen-bond donors (Lipinski definition) is 12. The van der Waals surface area contributed by atoms with Gasteiger partial charge >= 0.3 is 0 Å². The second-order valence-electron chi connectivity index (χ2n) is 20.4. The molecule has 5 aromatic carbocycles. The molecule has 444 valence electrons. The first-order chi connectivity index (χ1) is 40.3. The Balaban J connectivity index is 1.27. The summed E-state index contributed by atoms with van der Waals surface area (Å²) in [5.41, 5.74) is 20.9. The van der Waals surface area contributed by atoms with Crippen molar-refractivity contribution in [1.82, 2.24) is 47.1 Å². The van der Waals surface area contributed by atoms with Crippen molar-refractivity contribution in [1.29, 1.82) is 0 Å². The van der Waals surface area contributed by atoms with Crippen LogP contribution in [0.25, 0.3) is 21.7 Å². The Morgan fingerprint density at radius 3 is 2.10 bits per heavy atom. The van der Waals surface area contributed by atoms with Crippen LogP contribution in [0.5, 0.6) is 0 Å². The number of unbranched alkanes of at least 4 members (excludes halogenated alkanes) is 1. The summed E-state index contributed by atoms with van der Waals surface area (Å²) in [5, 5.41) is 32.7. The van der Waals surface area contributed by atoms with Gasteiger partial charge in [0.1, 0.15) is 36.3 Å². The number of primary amides is 1. The lowest BCUT2D eigenvalue weighted by Crippen LogP contribution is -2.64. The van der Waals surface area contributed by atoms with Crippen molar-refractivity contribution in [3.05, 3.63) is 155 Å². The first kappa shape index (κ1) is 63.6. The van der Waals surface area contributed by atoms with E-state index in [9.17, 15) is 43.5 Å². The summed E-state index contributed by atoms with van der Waals surface area (Å²) in [6.45, 7) is 1.46. The number of nitrogens with two attached hydrogens (primary N) is 3. The Morgan fingerprint density at radius 2 is 1.38 bits per heavy atom. The number of hydrogen-bond acceptors (Lipinski definition) is 14. The Kier molecular flexibility index (Phi) is 23.1. The van der Waals surface area contributed by atoms with Crippen LogP contribution in [0.2, 0.25) is 5.02 Å². The molecule has 0 radical (unpaired) electrons. The van der Waals surface area contributed by atoms with Crippen molar-refractivity contribution >= 4 is 108 Å². The number of H-pyrrole nitrogens is 1. The number of para-hydroxylation sites is 1. The fourth-order valence-corrected chi connectivity index (χ4v) is 11.8. The van der Waals surface area contributed by atoms with E-state index >= 15 is 4.79 Å². The molecular formula is C59H69ClN12O10S2. The van der Waals surface area contributed by atoms with Gasteiger partial charge in [-0.05, 0) is 96.9 Å². The van der Waals surface area contributed by atoms with E-state index < -0.39 is 108 Å². The summed E-state index contributed by atoms with van der Waals surface area (Å²) < 4.78 is 0. The molecule has 2 heterocycles. The molecule has 0 bridgehead atoms. The molecule has 1 saturated heterocycles. The number of nitrogens with zero attached hydrogens (tertiary/aromatic N) is 1. The number of amides is 9. The smallest absolute Gasteiger partial charge is 0.264 e. The Bertz CT molecular complexity index is 3320. The van der Waals surface area contributed by atoms with Crippen LogP contribution in [0.4, 0.5) is 0 Å². The van der Waals surface area contributed by atoms with Gasteiger partial charge in [-0.1, -0.05) is 124 Å². The molecule has 1 fully saturated rings. The zero-order chi connectivity index (χ0) is 60.5. The number of nitrogens with one attached hydrogen (secondary N) is 8. The molecule has 0 unspecified atom stereocenters. The maximum Gasteiger partial charge on any atom is 0.264 e. The van der Waals surface area contributed by atoms with Crippen molar-refractivity contribution in [3.8, 4) is 0 Å². The highest BCUT2D eigenvalue weighted by Crippen LogP contribution is 2.25. The molecule has 0 aliphatic carbocycles. The molecule has 6 aromatic rings. The van der Waals surface area contributed by atoms with Crippen LogP contribution in [0.3, 0.4) is 0 Å². The number of halogens is 1. The number of aromatic amines is 1. The molecular weight excluding hydrogens is 1140 g/mol. The monoisotopic (exact) mass is 1200 g/mol. The first-order valence-corrected chi connectivity index (χ1v) is 30.1. The van der Waals surface area contributed by atoms with E-state index in [-0.39, 0.29) is 49.3 Å². The molecule has 0 saturated carbocycles. The fraction of sp³-hybridized carbons (Fsp3) is 0.339. The zero-order valence-corrected chi connectivity index (χ0v) is 48.6. The number of carbonyl (C=O) groups excluding carboxylic acids is 9. The second-order valence-corrected chi connectivity index (χ2v) is 23.4. The molecule has 9 atom stereocenters. The van der Waals surface area contributed by atoms with Gasteiger partial charge in [-0.25, -0.2) is 0 Å². The van der Waals surface area contributed by atoms with Crippen LogP contribution in [0, 0.1) is 0 Å². The van der Waals surface area contributed by atoms with E-state index in [0.29, 0.717) is 45.5 Å². The SMILES string of the molecule is C[C@@H](O)[C@@H]1NC(=O)[C@H](CCCCN)NC(=O)[C@@H](Cc2c[nH]c3ccccc23)NC(=O)[C@@H](N(C)C(=O)c2ccccc2)NC(=O)[C@H](NC(=O)[C@@H](N)Cc2ccc(Cl)cc2)CSSC[C@@H](C(=O)N[C@@H](Cc2ccc3ccccc3c2)C(N)=O)NC1=O. The van der Waals surface area contributed by atoms with Crippen molar-refractivity contribution in [2.45, 2.75) is 100 Å². The highest BCUT2D eigenvalue weighted by Gasteiger charge is 2.38. The quantitative estimate of drug-likeness (QED) is 0.0432. The van der Waals surface area contributed by atoms with E-state index in [1.54, 1.807) is 72.9 Å². The van der Waals surface area contributed by atoms with Gasteiger partial charge in [-0.15, -0.1) is 0 Å². The van der Waals surface area contributed by atoms with Crippen molar-refractivity contribution in [2.75, 3.05) is 25.1 Å². The molecule has 0 spiro atoms. The van der Waals surface area contributed by atoms with Gasteiger partial charge in [0.05, 0.1) is 12.1 Å². The van der Waals surface area contributed by atoms with Crippen molar-refractivity contribution in [3.63, 3.8) is 0 Å². The Hall–Kier alpha value is -8.00. The van der Waals surface area contributed by atoms with E-state index in [1.165, 1.54) is 26.1 Å². The normalized spacial score (nSPS) is 20.6. The second kappa shape index (κ2) is 30.5. The van der Waals surface area contributed by atoms with E-state index in [4.69, 9.17) is 28.8 Å². The minimum Gasteiger partial charge on any atom is -0.391 e. The molecule has 84 heavy (non-hydrogen) atoms. The summed E-state index contributed by atoms with van der Waals surface area (Å²) in [7, 11) is 3.19.